The maximum Gasteiger partial charge on any atom is 0.227 e. The molecule has 0 atom stereocenters. The molecule has 1 amide bonds. The van der Waals surface area contributed by atoms with Crippen LogP contribution in [0.3, 0.4) is 0 Å². The summed E-state index contributed by atoms with van der Waals surface area (Å²) in [7, 11) is 0. The molecular weight excluding hydrogens is 272 g/mol. The van der Waals surface area contributed by atoms with E-state index in [-0.39, 0.29) is 11.3 Å². The summed E-state index contributed by atoms with van der Waals surface area (Å²) in [5.41, 5.74) is 6.46. The van der Waals surface area contributed by atoms with Crippen LogP contribution in [0.1, 0.15) is 38.2 Å². The summed E-state index contributed by atoms with van der Waals surface area (Å²) in [4.78, 5) is 12.5. The lowest BCUT2D eigenvalue weighted by Crippen LogP contribution is -2.47. The maximum absolute atomic E-state index is 12.5. The topological polar surface area (TPSA) is 55.1 Å². The number of hydrogen-bond donors (Lipinski definition) is 2. The Morgan fingerprint density at radius 1 is 1.40 bits per heavy atom. The van der Waals surface area contributed by atoms with Crippen molar-refractivity contribution in [1.82, 2.24) is 5.32 Å². The first kappa shape index (κ1) is 15.3. The summed E-state index contributed by atoms with van der Waals surface area (Å²) in [5.74, 6) is 0.776. The van der Waals surface area contributed by atoms with Gasteiger partial charge in [-0.1, -0.05) is 36.7 Å². The maximum atomic E-state index is 12.5. The summed E-state index contributed by atoms with van der Waals surface area (Å²) >= 11 is 6.11. The van der Waals surface area contributed by atoms with Crippen molar-refractivity contribution in [3.8, 4) is 0 Å². The Labute approximate surface area is 125 Å². The third kappa shape index (κ3) is 3.33. The van der Waals surface area contributed by atoms with E-state index in [1.54, 1.807) is 0 Å². The van der Waals surface area contributed by atoms with Gasteiger partial charge in [-0.25, -0.2) is 0 Å². The van der Waals surface area contributed by atoms with E-state index in [1.807, 2.05) is 24.3 Å². The van der Waals surface area contributed by atoms with Crippen LogP contribution in [0, 0.1) is 11.3 Å². The van der Waals surface area contributed by atoms with E-state index in [1.165, 1.54) is 0 Å². The number of carbonyl (C=O) groups is 1. The Morgan fingerprint density at radius 2 is 2.05 bits per heavy atom. The molecule has 0 radical (unpaired) electrons. The second kappa shape index (κ2) is 6.59. The van der Waals surface area contributed by atoms with Crippen molar-refractivity contribution in [3.05, 3.63) is 34.9 Å². The van der Waals surface area contributed by atoms with Crippen molar-refractivity contribution >= 4 is 17.5 Å². The Balaban J connectivity index is 1.98. The quantitative estimate of drug-likeness (QED) is 0.896. The Bertz CT molecular complexity index is 467. The molecule has 0 heterocycles. The number of hydrogen-bond acceptors (Lipinski definition) is 2. The molecule has 2 rings (SSSR count). The number of amides is 1. The molecule has 1 aromatic carbocycles. The van der Waals surface area contributed by atoms with Gasteiger partial charge in [-0.05, 0) is 43.2 Å². The first-order valence-corrected chi connectivity index (χ1v) is 7.67. The molecule has 1 aliphatic carbocycles. The van der Waals surface area contributed by atoms with E-state index in [0.29, 0.717) is 24.0 Å². The molecule has 1 saturated carbocycles. The van der Waals surface area contributed by atoms with E-state index >= 15 is 0 Å². The van der Waals surface area contributed by atoms with Crippen LogP contribution in [0.15, 0.2) is 24.3 Å². The van der Waals surface area contributed by atoms with Gasteiger partial charge in [-0.2, -0.15) is 0 Å². The summed E-state index contributed by atoms with van der Waals surface area (Å²) in [5, 5.41) is 3.70. The Morgan fingerprint density at radius 3 is 2.65 bits per heavy atom. The average molecular weight is 295 g/mol. The van der Waals surface area contributed by atoms with Crippen LogP contribution in [0.25, 0.3) is 0 Å². The predicted octanol–water partition coefficient (Wildman–Crippen LogP) is 3.11. The van der Waals surface area contributed by atoms with E-state index in [0.717, 1.165) is 31.2 Å². The zero-order valence-corrected chi connectivity index (χ0v) is 12.7. The highest BCUT2D eigenvalue weighted by molar-refractivity contribution is 6.31. The molecule has 0 saturated heterocycles. The van der Waals surface area contributed by atoms with Gasteiger partial charge < -0.3 is 11.1 Å². The van der Waals surface area contributed by atoms with Crippen LogP contribution in [0.4, 0.5) is 0 Å². The van der Waals surface area contributed by atoms with Crippen LogP contribution in [-0.2, 0) is 11.3 Å². The standard InChI is InChI=1S/C16H23ClN2O/c1-12-6-8-16(11-18,9-7-12)15(20)19-10-13-4-2-3-5-14(13)17/h2-5,12H,6-11,18H2,1H3,(H,19,20). The summed E-state index contributed by atoms with van der Waals surface area (Å²) in [6.07, 6.45) is 3.94. The summed E-state index contributed by atoms with van der Waals surface area (Å²) in [6.45, 7) is 3.13. The lowest BCUT2D eigenvalue weighted by atomic mass is 9.70. The summed E-state index contributed by atoms with van der Waals surface area (Å²) in [6, 6.07) is 7.58. The second-order valence-corrected chi connectivity index (χ2v) is 6.35. The van der Waals surface area contributed by atoms with E-state index in [4.69, 9.17) is 17.3 Å². The third-order valence-electron chi connectivity index (χ3n) is 4.50. The number of halogens is 1. The van der Waals surface area contributed by atoms with Gasteiger partial charge in [-0.3, -0.25) is 4.79 Å². The van der Waals surface area contributed by atoms with Gasteiger partial charge in [0.05, 0.1) is 5.41 Å². The number of nitrogens with two attached hydrogens (primary N) is 1. The molecule has 20 heavy (non-hydrogen) atoms. The van der Waals surface area contributed by atoms with Gasteiger partial charge in [0.15, 0.2) is 0 Å². The van der Waals surface area contributed by atoms with E-state index in [2.05, 4.69) is 12.2 Å². The van der Waals surface area contributed by atoms with Gasteiger partial charge in [0, 0.05) is 18.1 Å². The molecule has 110 valence electrons. The highest BCUT2D eigenvalue weighted by Crippen LogP contribution is 2.38. The van der Waals surface area contributed by atoms with Crippen LogP contribution < -0.4 is 11.1 Å². The minimum absolute atomic E-state index is 0.0758. The highest BCUT2D eigenvalue weighted by Gasteiger charge is 2.39. The molecular formula is C16H23ClN2O. The number of benzene rings is 1. The fourth-order valence-electron chi connectivity index (χ4n) is 2.84. The van der Waals surface area contributed by atoms with Crippen LogP contribution in [0.2, 0.25) is 5.02 Å². The van der Waals surface area contributed by atoms with Crippen molar-refractivity contribution in [3.63, 3.8) is 0 Å². The second-order valence-electron chi connectivity index (χ2n) is 5.94. The van der Waals surface area contributed by atoms with Gasteiger partial charge in [0.1, 0.15) is 0 Å². The van der Waals surface area contributed by atoms with Crippen molar-refractivity contribution in [2.45, 2.75) is 39.2 Å². The number of nitrogens with one attached hydrogen (secondary N) is 1. The van der Waals surface area contributed by atoms with Gasteiger partial charge in [0.25, 0.3) is 0 Å². The fourth-order valence-corrected chi connectivity index (χ4v) is 3.05. The molecule has 0 spiro atoms. The van der Waals surface area contributed by atoms with Crippen LogP contribution in [0.5, 0.6) is 0 Å². The lowest BCUT2D eigenvalue weighted by molar-refractivity contribution is -0.133. The van der Waals surface area contributed by atoms with Crippen LogP contribution in [-0.4, -0.2) is 12.5 Å². The predicted molar refractivity (Wildman–Crippen MR) is 82.4 cm³/mol. The molecule has 3 nitrogen and oxygen atoms in total. The highest BCUT2D eigenvalue weighted by atomic mass is 35.5. The Kier molecular flexibility index (Phi) is 5.06. The summed E-state index contributed by atoms with van der Waals surface area (Å²) < 4.78 is 0. The zero-order chi connectivity index (χ0) is 14.6. The molecule has 0 aliphatic heterocycles. The van der Waals surface area contributed by atoms with Crippen molar-refractivity contribution in [2.24, 2.45) is 17.1 Å². The van der Waals surface area contributed by atoms with Gasteiger partial charge >= 0.3 is 0 Å². The fraction of sp³-hybridized carbons (Fsp3) is 0.562. The Hall–Kier alpha value is -1.06. The average Bonchev–Trinajstić information content (AvgIpc) is 2.47. The largest absolute Gasteiger partial charge is 0.351 e. The van der Waals surface area contributed by atoms with Gasteiger partial charge in [0.2, 0.25) is 5.91 Å². The van der Waals surface area contributed by atoms with E-state index < -0.39 is 0 Å². The SMILES string of the molecule is CC1CCC(CN)(C(=O)NCc2ccccc2Cl)CC1. The van der Waals surface area contributed by atoms with Crippen LogP contribution >= 0.6 is 11.6 Å². The number of rotatable bonds is 4. The lowest BCUT2D eigenvalue weighted by Gasteiger charge is -2.37. The minimum atomic E-state index is -0.381. The molecule has 0 aromatic heterocycles. The first-order chi connectivity index (χ1) is 9.57. The number of carbonyl (C=O) groups excluding carboxylic acids is 1. The molecule has 4 heteroatoms. The molecule has 3 N–H and O–H groups in total. The molecule has 0 unspecified atom stereocenters. The minimum Gasteiger partial charge on any atom is -0.351 e. The van der Waals surface area contributed by atoms with Crippen molar-refractivity contribution < 1.29 is 4.79 Å². The van der Waals surface area contributed by atoms with Crippen molar-refractivity contribution in [1.29, 1.82) is 0 Å². The monoisotopic (exact) mass is 294 g/mol. The smallest absolute Gasteiger partial charge is 0.227 e. The zero-order valence-electron chi connectivity index (χ0n) is 12.0. The van der Waals surface area contributed by atoms with Gasteiger partial charge in [-0.15, -0.1) is 0 Å². The third-order valence-corrected chi connectivity index (χ3v) is 4.87. The molecule has 1 fully saturated rings. The molecule has 0 bridgehead atoms. The van der Waals surface area contributed by atoms with E-state index in [9.17, 15) is 4.79 Å². The molecule has 1 aromatic rings. The first-order valence-electron chi connectivity index (χ1n) is 7.29. The molecule has 1 aliphatic rings. The van der Waals surface area contributed by atoms with Crippen molar-refractivity contribution in [2.75, 3.05) is 6.54 Å². The normalized spacial score (nSPS) is 26.2.